The standard InChI is InChI=1S/C22H24Cl3N3O4/c1-2-31-20-10-15(12-26-27-21(29)13-28-5-7-30-8-6-28)9-19(25)22(20)32-14-16-3-4-17(23)11-18(16)24/h3-4,9-12H,2,5-8,13-14H2,1H3,(H,27,29)/b26-12+. The average Bonchev–Trinajstić information content (AvgIpc) is 2.75. The van der Waals surface area contributed by atoms with Gasteiger partial charge in [0.1, 0.15) is 6.61 Å². The molecule has 32 heavy (non-hydrogen) atoms. The van der Waals surface area contributed by atoms with E-state index in [0.717, 1.165) is 18.7 Å². The predicted octanol–water partition coefficient (Wildman–Crippen LogP) is 4.41. The molecular weight excluding hydrogens is 477 g/mol. The molecule has 0 radical (unpaired) electrons. The quantitative estimate of drug-likeness (QED) is 0.408. The molecule has 1 fully saturated rings. The van der Waals surface area contributed by atoms with Gasteiger partial charge < -0.3 is 14.2 Å². The molecule has 0 saturated carbocycles. The van der Waals surface area contributed by atoms with Crippen LogP contribution in [-0.2, 0) is 16.1 Å². The fraction of sp³-hybridized carbons (Fsp3) is 0.364. The largest absolute Gasteiger partial charge is 0.490 e. The fourth-order valence-electron chi connectivity index (χ4n) is 3.03. The SMILES string of the molecule is CCOc1cc(/C=N/NC(=O)CN2CCOCC2)cc(Cl)c1OCc1ccc(Cl)cc1Cl. The second-order valence-corrected chi connectivity index (χ2v) is 8.22. The molecule has 10 heteroatoms. The summed E-state index contributed by atoms with van der Waals surface area (Å²) in [5, 5.41) is 5.43. The molecule has 0 unspecified atom stereocenters. The molecule has 1 heterocycles. The van der Waals surface area contributed by atoms with E-state index in [0.29, 0.717) is 52.0 Å². The number of benzene rings is 2. The van der Waals surface area contributed by atoms with Crippen molar-refractivity contribution in [2.24, 2.45) is 5.10 Å². The molecular formula is C22H24Cl3N3O4. The zero-order chi connectivity index (χ0) is 22.9. The van der Waals surface area contributed by atoms with Crippen LogP contribution < -0.4 is 14.9 Å². The molecule has 2 aromatic carbocycles. The number of halogens is 3. The van der Waals surface area contributed by atoms with Gasteiger partial charge in [-0.2, -0.15) is 5.10 Å². The topological polar surface area (TPSA) is 72.4 Å². The number of amides is 1. The maximum absolute atomic E-state index is 12.1. The minimum absolute atomic E-state index is 0.195. The van der Waals surface area contributed by atoms with Crippen molar-refractivity contribution in [3.63, 3.8) is 0 Å². The van der Waals surface area contributed by atoms with Crippen molar-refractivity contribution >= 4 is 46.9 Å². The average molecular weight is 501 g/mol. The number of nitrogens with zero attached hydrogens (tertiary/aromatic N) is 2. The predicted molar refractivity (Wildman–Crippen MR) is 126 cm³/mol. The highest BCUT2D eigenvalue weighted by molar-refractivity contribution is 6.35. The Labute approximate surface area is 202 Å². The first kappa shape index (κ1) is 24.6. The van der Waals surface area contributed by atoms with Gasteiger partial charge in [0.05, 0.1) is 37.6 Å². The molecule has 1 N–H and O–H groups in total. The van der Waals surface area contributed by atoms with E-state index in [4.69, 9.17) is 49.0 Å². The Morgan fingerprint density at radius 1 is 1.16 bits per heavy atom. The summed E-state index contributed by atoms with van der Waals surface area (Å²) in [6.45, 7) is 5.47. The molecule has 172 valence electrons. The molecule has 0 aromatic heterocycles. The van der Waals surface area contributed by atoms with Crippen LogP contribution in [-0.4, -0.2) is 56.5 Å². The first-order chi connectivity index (χ1) is 15.5. The summed E-state index contributed by atoms with van der Waals surface area (Å²) in [5.41, 5.74) is 3.95. The van der Waals surface area contributed by atoms with E-state index >= 15 is 0 Å². The van der Waals surface area contributed by atoms with E-state index < -0.39 is 0 Å². The normalized spacial score (nSPS) is 14.5. The zero-order valence-electron chi connectivity index (χ0n) is 17.6. The third kappa shape index (κ3) is 7.25. The monoisotopic (exact) mass is 499 g/mol. The first-order valence-electron chi connectivity index (χ1n) is 10.1. The molecule has 1 amide bonds. The van der Waals surface area contributed by atoms with Crippen LogP contribution in [0.25, 0.3) is 0 Å². The lowest BCUT2D eigenvalue weighted by Crippen LogP contribution is -2.42. The van der Waals surface area contributed by atoms with Crippen LogP contribution in [0.15, 0.2) is 35.4 Å². The van der Waals surface area contributed by atoms with Gasteiger partial charge in [-0.15, -0.1) is 0 Å². The number of hydrazone groups is 1. The zero-order valence-corrected chi connectivity index (χ0v) is 19.8. The Morgan fingerprint density at radius 2 is 1.94 bits per heavy atom. The summed E-state index contributed by atoms with van der Waals surface area (Å²) in [6.07, 6.45) is 1.51. The first-order valence-corrected chi connectivity index (χ1v) is 11.2. The maximum Gasteiger partial charge on any atom is 0.254 e. The van der Waals surface area contributed by atoms with Gasteiger partial charge in [-0.25, -0.2) is 5.43 Å². The Balaban J connectivity index is 1.64. The number of nitrogens with one attached hydrogen (secondary N) is 1. The summed E-state index contributed by atoms with van der Waals surface area (Å²) in [6, 6.07) is 8.61. The number of carbonyl (C=O) groups excluding carboxylic acids is 1. The third-order valence-corrected chi connectivity index (χ3v) is 5.46. The van der Waals surface area contributed by atoms with E-state index in [1.54, 1.807) is 30.3 Å². The van der Waals surface area contributed by atoms with E-state index in [1.165, 1.54) is 6.21 Å². The Morgan fingerprint density at radius 3 is 2.66 bits per heavy atom. The van der Waals surface area contributed by atoms with Crippen LogP contribution in [0.4, 0.5) is 0 Å². The number of ether oxygens (including phenoxy) is 3. The molecule has 2 aromatic rings. The second-order valence-electron chi connectivity index (χ2n) is 6.97. The molecule has 0 spiro atoms. The summed E-state index contributed by atoms with van der Waals surface area (Å²) >= 11 is 18.6. The van der Waals surface area contributed by atoms with Crippen LogP contribution in [0.1, 0.15) is 18.1 Å². The number of carbonyl (C=O) groups is 1. The van der Waals surface area contributed by atoms with Crippen molar-refractivity contribution in [1.82, 2.24) is 10.3 Å². The van der Waals surface area contributed by atoms with Gasteiger partial charge in [-0.05, 0) is 36.8 Å². The van der Waals surface area contributed by atoms with Crippen LogP contribution >= 0.6 is 34.8 Å². The Bertz CT molecular complexity index is 966. The molecule has 0 bridgehead atoms. The van der Waals surface area contributed by atoms with Gasteiger partial charge in [-0.1, -0.05) is 40.9 Å². The van der Waals surface area contributed by atoms with E-state index in [9.17, 15) is 4.79 Å². The van der Waals surface area contributed by atoms with Gasteiger partial charge in [0.25, 0.3) is 5.91 Å². The minimum atomic E-state index is -0.195. The minimum Gasteiger partial charge on any atom is -0.490 e. The third-order valence-electron chi connectivity index (χ3n) is 4.59. The lowest BCUT2D eigenvalue weighted by Gasteiger charge is -2.25. The van der Waals surface area contributed by atoms with Crippen LogP contribution in [0.2, 0.25) is 15.1 Å². The summed E-state index contributed by atoms with van der Waals surface area (Å²) in [5.74, 6) is 0.665. The number of hydrogen-bond acceptors (Lipinski definition) is 6. The van der Waals surface area contributed by atoms with Crippen molar-refractivity contribution < 1.29 is 19.0 Å². The van der Waals surface area contributed by atoms with Gasteiger partial charge in [0, 0.05) is 28.7 Å². The van der Waals surface area contributed by atoms with Gasteiger partial charge in [0.2, 0.25) is 0 Å². The van der Waals surface area contributed by atoms with Gasteiger partial charge >= 0.3 is 0 Å². The van der Waals surface area contributed by atoms with Gasteiger partial charge in [-0.3, -0.25) is 9.69 Å². The smallest absolute Gasteiger partial charge is 0.254 e. The highest BCUT2D eigenvalue weighted by Crippen LogP contribution is 2.37. The number of morpholine rings is 1. The van der Waals surface area contributed by atoms with Crippen molar-refractivity contribution in [1.29, 1.82) is 0 Å². The van der Waals surface area contributed by atoms with Crippen LogP contribution in [0, 0.1) is 0 Å². The van der Waals surface area contributed by atoms with Gasteiger partial charge in [0.15, 0.2) is 11.5 Å². The number of hydrogen-bond donors (Lipinski definition) is 1. The van der Waals surface area contributed by atoms with Crippen molar-refractivity contribution in [3.8, 4) is 11.5 Å². The van der Waals surface area contributed by atoms with Crippen LogP contribution in [0.5, 0.6) is 11.5 Å². The van der Waals surface area contributed by atoms with E-state index in [1.807, 2.05) is 11.8 Å². The molecule has 1 saturated heterocycles. The molecule has 7 nitrogen and oxygen atoms in total. The lowest BCUT2D eigenvalue weighted by molar-refractivity contribution is -0.123. The fourth-order valence-corrected chi connectivity index (χ4v) is 3.77. The van der Waals surface area contributed by atoms with Crippen LogP contribution in [0.3, 0.4) is 0 Å². The maximum atomic E-state index is 12.1. The molecule has 0 aliphatic carbocycles. The lowest BCUT2D eigenvalue weighted by atomic mass is 10.2. The molecule has 1 aliphatic rings. The van der Waals surface area contributed by atoms with E-state index in [-0.39, 0.29) is 19.1 Å². The Hall–Kier alpha value is -2.03. The Kier molecular flexibility index (Phi) is 9.44. The van der Waals surface area contributed by atoms with Crippen molar-refractivity contribution in [3.05, 3.63) is 56.5 Å². The van der Waals surface area contributed by atoms with Crippen molar-refractivity contribution in [2.75, 3.05) is 39.5 Å². The molecule has 0 atom stereocenters. The summed E-state index contributed by atoms with van der Waals surface area (Å²) < 4.78 is 16.9. The second kappa shape index (κ2) is 12.3. The molecule has 1 aliphatic heterocycles. The number of rotatable bonds is 9. The van der Waals surface area contributed by atoms with E-state index in [2.05, 4.69) is 10.5 Å². The van der Waals surface area contributed by atoms with Crippen molar-refractivity contribution in [2.45, 2.75) is 13.5 Å². The highest BCUT2D eigenvalue weighted by Gasteiger charge is 2.15. The highest BCUT2D eigenvalue weighted by atomic mass is 35.5. The summed E-state index contributed by atoms with van der Waals surface area (Å²) in [4.78, 5) is 14.1. The summed E-state index contributed by atoms with van der Waals surface area (Å²) in [7, 11) is 0. The molecule has 3 rings (SSSR count).